The molecule has 0 fully saturated rings. The molecule has 1 unspecified atom stereocenters. The minimum absolute atomic E-state index is 0.102. The SMILES string of the molecule is Cc1ccc(-c2nnc3n2CCN(C(=O)c2ccc(F)c(F)c2)C3C)o1. The molecule has 0 saturated carbocycles. The predicted octanol–water partition coefficient (Wildman–Crippen LogP) is 3.34. The van der Waals surface area contributed by atoms with Gasteiger partial charge in [0, 0.05) is 18.7 Å². The number of amides is 1. The summed E-state index contributed by atoms with van der Waals surface area (Å²) in [5, 5.41) is 8.40. The molecule has 3 aromatic rings. The Labute approximate surface area is 148 Å². The Kier molecular flexibility index (Phi) is 3.82. The number of furan rings is 1. The fourth-order valence-electron chi connectivity index (χ4n) is 3.19. The molecule has 4 rings (SSSR count). The molecule has 0 aliphatic carbocycles. The van der Waals surface area contributed by atoms with E-state index in [-0.39, 0.29) is 17.5 Å². The van der Waals surface area contributed by atoms with Crippen molar-refractivity contribution in [1.82, 2.24) is 19.7 Å². The molecular weight excluding hydrogens is 342 g/mol. The van der Waals surface area contributed by atoms with E-state index < -0.39 is 11.6 Å². The molecule has 0 N–H and O–H groups in total. The fourth-order valence-corrected chi connectivity index (χ4v) is 3.19. The summed E-state index contributed by atoms with van der Waals surface area (Å²) in [6.45, 7) is 4.56. The smallest absolute Gasteiger partial charge is 0.254 e. The number of carbonyl (C=O) groups is 1. The van der Waals surface area contributed by atoms with Crippen LogP contribution in [0.2, 0.25) is 0 Å². The second kappa shape index (κ2) is 6.05. The summed E-state index contributed by atoms with van der Waals surface area (Å²) in [5.41, 5.74) is 0.102. The highest BCUT2D eigenvalue weighted by Crippen LogP contribution is 2.30. The van der Waals surface area contributed by atoms with Crippen molar-refractivity contribution in [2.45, 2.75) is 26.4 Å². The highest BCUT2D eigenvalue weighted by molar-refractivity contribution is 5.94. The van der Waals surface area contributed by atoms with Crippen molar-refractivity contribution >= 4 is 5.91 Å². The van der Waals surface area contributed by atoms with Crippen LogP contribution in [0.1, 0.15) is 34.9 Å². The number of aryl methyl sites for hydroxylation is 1. The first kappa shape index (κ1) is 16.4. The van der Waals surface area contributed by atoms with Crippen LogP contribution in [0, 0.1) is 18.6 Å². The molecule has 3 heterocycles. The molecule has 2 aromatic heterocycles. The number of halogens is 2. The molecule has 0 radical (unpaired) electrons. The van der Waals surface area contributed by atoms with Gasteiger partial charge in [0.05, 0.1) is 6.04 Å². The van der Waals surface area contributed by atoms with Crippen molar-refractivity contribution in [3.05, 3.63) is 59.1 Å². The largest absolute Gasteiger partial charge is 0.458 e. The van der Waals surface area contributed by atoms with Gasteiger partial charge in [0.2, 0.25) is 0 Å². The molecule has 0 saturated heterocycles. The van der Waals surface area contributed by atoms with E-state index in [1.165, 1.54) is 6.07 Å². The first-order valence-electron chi connectivity index (χ1n) is 8.21. The van der Waals surface area contributed by atoms with Crippen molar-refractivity contribution in [2.75, 3.05) is 6.54 Å². The van der Waals surface area contributed by atoms with Gasteiger partial charge in [-0.15, -0.1) is 10.2 Å². The molecule has 134 valence electrons. The van der Waals surface area contributed by atoms with E-state index in [0.717, 1.165) is 17.9 Å². The highest BCUT2D eigenvalue weighted by atomic mass is 19.2. The van der Waals surface area contributed by atoms with Crippen LogP contribution in [0.5, 0.6) is 0 Å². The Morgan fingerprint density at radius 1 is 1.15 bits per heavy atom. The van der Waals surface area contributed by atoms with Gasteiger partial charge in [0.15, 0.2) is 29.0 Å². The van der Waals surface area contributed by atoms with Crippen LogP contribution < -0.4 is 0 Å². The van der Waals surface area contributed by atoms with E-state index in [0.29, 0.717) is 30.5 Å². The first-order valence-corrected chi connectivity index (χ1v) is 8.21. The summed E-state index contributed by atoms with van der Waals surface area (Å²) in [7, 11) is 0. The van der Waals surface area contributed by atoms with E-state index >= 15 is 0 Å². The number of hydrogen-bond donors (Lipinski definition) is 0. The fraction of sp³-hybridized carbons (Fsp3) is 0.278. The van der Waals surface area contributed by atoms with Gasteiger partial charge in [-0.2, -0.15) is 0 Å². The maximum Gasteiger partial charge on any atom is 0.254 e. The van der Waals surface area contributed by atoms with Crippen LogP contribution in [0.15, 0.2) is 34.7 Å². The Bertz CT molecular complexity index is 995. The van der Waals surface area contributed by atoms with E-state index in [1.54, 1.807) is 4.90 Å². The zero-order valence-corrected chi connectivity index (χ0v) is 14.2. The summed E-state index contributed by atoms with van der Waals surface area (Å²) in [6, 6.07) is 6.47. The van der Waals surface area contributed by atoms with Crippen molar-refractivity contribution in [2.24, 2.45) is 0 Å². The topological polar surface area (TPSA) is 64.2 Å². The summed E-state index contributed by atoms with van der Waals surface area (Å²) < 4.78 is 34.1. The summed E-state index contributed by atoms with van der Waals surface area (Å²) in [6.07, 6.45) is 0. The zero-order chi connectivity index (χ0) is 18.4. The van der Waals surface area contributed by atoms with Gasteiger partial charge in [-0.25, -0.2) is 8.78 Å². The average Bonchev–Trinajstić information content (AvgIpc) is 3.23. The minimum atomic E-state index is -1.04. The van der Waals surface area contributed by atoms with Crippen LogP contribution in [0.25, 0.3) is 11.6 Å². The van der Waals surface area contributed by atoms with Crippen LogP contribution in [-0.4, -0.2) is 32.1 Å². The second-order valence-corrected chi connectivity index (χ2v) is 6.25. The third-order valence-electron chi connectivity index (χ3n) is 4.57. The lowest BCUT2D eigenvalue weighted by atomic mass is 10.1. The van der Waals surface area contributed by atoms with E-state index in [2.05, 4.69) is 10.2 Å². The molecule has 0 spiro atoms. The number of aromatic nitrogens is 3. The van der Waals surface area contributed by atoms with Gasteiger partial charge in [0.1, 0.15) is 5.76 Å². The van der Waals surface area contributed by atoms with Crippen molar-refractivity contribution < 1.29 is 18.0 Å². The van der Waals surface area contributed by atoms with Gasteiger partial charge in [-0.1, -0.05) is 0 Å². The average molecular weight is 358 g/mol. The highest BCUT2D eigenvalue weighted by Gasteiger charge is 2.32. The lowest BCUT2D eigenvalue weighted by Crippen LogP contribution is -2.41. The maximum absolute atomic E-state index is 13.5. The van der Waals surface area contributed by atoms with Gasteiger partial charge in [0.25, 0.3) is 5.91 Å². The normalized spacial score (nSPS) is 16.6. The van der Waals surface area contributed by atoms with Gasteiger partial charge >= 0.3 is 0 Å². The predicted molar refractivity (Wildman–Crippen MR) is 88.3 cm³/mol. The minimum Gasteiger partial charge on any atom is -0.458 e. The van der Waals surface area contributed by atoms with Gasteiger partial charge in [-0.3, -0.25) is 4.79 Å². The Balaban J connectivity index is 1.64. The van der Waals surface area contributed by atoms with Crippen LogP contribution >= 0.6 is 0 Å². The number of benzene rings is 1. The lowest BCUT2D eigenvalue weighted by molar-refractivity contribution is 0.0637. The summed E-state index contributed by atoms with van der Waals surface area (Å²) in [5.74, 6) is 0.229. The molecule has 26 heavy (non-hydrogen) atoms. The van der Waals surface area contributed by atoms with Crippen LogP contribution in [-0.2, 0) is 6.54 Å². The molecule has 1 aromatic carbocycles. The lowest BCUT2D eigenvalue weighted by Gasteiger charge is -2.33. The van der Waals surface area contributed by atoms with Crippen molar-refractivity contribution in [3.8, 4) is 11.6 Å². The Hall–Kier alpha value is -3.03. The van der Waals surface area contributed by atoms with Gasteiger partial charge in [-0.05, 0) is 44.2 Å². The number of carbonyl (C=O) groups excluding carboxylic acids is 1. The first-order chi connectivity index (χ1) is 12.5. The number of rotatable bonds is 2. The molecule has 6 nitrogen and oxygen atoms in total. The molecule has 1 amide bonds. The number of fused-ring (bicyclic) bond motifs is 1. The third kappa shape index (κ3) is 2.58. The molecule has 1 aliphatic rings. The van der Waals surface area contributed by atoms with Crippen molar-refractivity contribution in [1.29, 1.82) is 0 Å². The maximum atomic E-state index is 13.5. The van der Waals surface area contributed by atoms with E-state index in [4.69, 9.17) is 4.42 Å². The summed E-state index contributed by atoms with van der Waals surface area (Å²) in [4.78, 5) is 14.3. The Morgan fingerprint density at radius 2 is 1.96 bits per heavy atom. The second-order valence-electron chi connectivity index (χ2n) is 6.25. The number of hydrogen-bond acceptors (Lipinski definition) is 4. The molecule has 8 heteroatoms. The van der Waals surface area contributed by atoms with Crippen molar-refractivity contribution in [3.63, 3.8) is 0 Å². The standard InChI is InChI=1S/C18H16F2N4O2/c1-10-3-6-15(26-10)17-22-21-16-11(2)23(7-8-24(16)17)18(25)12-4-5-13(19)14(20)9-12/h3-6,9,11H,7-8H2,1-2H3. The number of nitrogens with zero attached hydrogens (tertiary/aromatic N) is 4. The Morgan fingerprint density at radius 3 is 2.65 bits per heavy atom. The molecular formula is C18H16F2N4O2. The van der Waals surface area contributed by atoms with Crippen LogP contribution in [0.4, 0.5) is 8.78 Å². The molecule has 1 aliphatic heterocycles. The van der Waals surface area contributed by atoms with E-state index in [9.17, 15) is 13.6 Å². The third-order valence-corrected chi connectivity index (χ3v) is 4.57. The zero-order valence-electron chi connectivity index (χ0n) is 14.2. The monoisotopic (exact) mass is 358 g/mol. The van der Waals surface area contributed by atoms with Gasteiger partial charge < -0.3 is 13.9 Å². The van der Waals surface area contributed by atoms with E-state index in [1.807, 2.05) is 30.5 Å². The molecule has 1 atom stereocenters. The molecule has 0 bridgehead atoms. The van der Waals surface area contributed by atoms with Crippen LogP contribution in [0.3, 0.4) is 0 Å². The quantitative estimate of drug-likeness (QED) is 0.705. The summed E-state index contributed by atoms with van der Waals surface area (Å²) >= 11 is 0.